The Morgan fingerprint density at radius 1 is 1.31 bits per heavy atom. The Labute approximate surface area is 168 Å². The Bertz CT molecular complexity index is 1120. The zero-order chi connectivity index (χ0) is 20.2. The van der Waals surface area contributed by atoms with Crippen LogP contribution in [0.4, 0.5) is 5.82 Å². The van der Waals surface area contributed by atoms with Gasteiger partial charge in [0.25, 0.3) is 5.91 Å². The summed E-state index contributed by atoms with van der Waals surface area (Å²) in [5.74, 6) is 1.80. The summed E-state index contributed by atoms with van der Waals surface area (Å²) in [7, 11) is 1.62. The molecule has 0 radical (unpaired) electrons. The number of carbonyl (C=O) groups is 1. The first-order valence-electron chi connectivity index (χ1n) is 9.81. The van der Waals surface area contributed by atoms with E-state index >= 15 is 0 Å². The van der Waals surface area contributed by atoms with Gasteiger partial charge in [0, 0.05) is 30.4 Å². The third kappa shape index (κ3) is 2.99. The van der Waals surface area contributed by atoms with Crippen LogP contribution in [0.3, 0.4) is 0 Å². The molecule has 1 fully saturated rings. The van der Waals surface area contributed by atoms with E-state index < -0.39 is 0 Å². The highest BCUT2D eigenvalue weighted by molar-refractivity contribution is 6.10. The molecule has 1 saturated carbocycles. The van der Waals surface area contributed by atoms with E-state index in [4.69, 9.17) is 9.15 Å². The number of anilines is 1. The molecule has 0 bridgehead atoms. The van der Waals surface area contributed by atoms with Crippen molar-refractivity contribution in [3.8, 4) is 5.88 Å². The summed E-state index contributed by atoms with van der Waals surface area (Å²) in [6, 6.07) is 1.95. The molecule has 0 atom stereocenters. The zero-order valence-corrected chi connectivity index (χ0v) is 16.8. The van der Waals surface area contributed by atoms with Gasteiger partial charge in [-0.1, -0.05) is 0 Å². The lowest BCUT2D eigenvalue weighted by Crippen LogP contribution is -2.36. The van der Waals surface area contributed by atoms with Gasteiger partial charge >= 0.3 is 0 Å². The lowest BCUT2D eigenvalue weighted by Gasteiger charge is -2.29. The van der Waals surface area contributed by atoms with Gasteiger partial charge in [-0.25, -0.2) is 15.0 Å². The highest BCUT2D eigenvalue weighted by Gasteiger charge is 2.39. The molecule has 0 spiro atoms. The number of furan rings is 1. The van der Waals surface area contributed by atoms with Gasteiger partial charge in [0.15, 0.2) is 0 Å². The quantitative estimate of drug-likeness (QED) is 0.728. The molecule has 1 aliphatic carbocycles. The van der Waals surface area contributed by atoms with Crippen molar-refractivity contribution in [3.63, 3.8) is 0 Å². The number of nitrogens with zero attached hydrogens (tertiary/aromatic N) is 4. The fourth-order valence-electron chi connectivity index (χ4n) is 3.96. The molecule has 0 aromatic carbocycles. The number of hydrogen-bond acceptors (Lipinski definition) is 7. The van der Waals surface area contributed by atoms with E-state index in [2.05, 4.69) is 27.2 Å². The second-order valence-electron chi connectivity index (χ2n) is 8.06. The maximum atomic E-state index is 13.5. The first-order valence-corrected chi connectivity index (χ1v) is 9.81. The number of amides is 1. The minimum Gasteiger partial charge on any atom is -0.481 e. The smallest absolute Gasteiger partial charge is 0.258 e. The first kappa shape index (κ1) is 17.9. The van der Waals surface area contributed by atoms with Crippen LogP contribution in [-0.2, 0) is 13.0 Å². The van der Waals surface area contributed by atoms with E-state index in [0.29, 0.717) is 53.6 Å². The molecular weight excluding hydrogens is 370 g/mol. The summed E-state index contributed by atoms with van der Waals surface area (Å²) < 4.78 is 11.2. The van der Waals surface area contributed by atoms with E-state index in [1.54, 1.807) is 13.3 Å². The Morgan fingerprint density at radius 3 is 2.90 bits per heavy atom. The number of aryl methyl sites for hydroxylation is 1. The van der Waals surface area contributed by atoms with Crippen LogP contribution in [0, 0.1) is 6.92 Å². The molecule has 8 nitrogen and oxygen atoms in total. The van der Waals surface area contributed by atoms with Crippen molar-refractivity contribution in [2.75, 3.05) is 19.0 Å². The maximum absolute atomic E-state index is 13.5. The van der Waals surface area contributed by atoms with Gasteiger partial charge in [-0.15, -0.1) is 0 Å². The Balaban J connectivity index is 1.52. The van der Waals surface area contributed by atoms with Crippen molar-refractivity contribution in [2.24, 2.45) is 0 Å². The van der Waals surface area contributed by atoms with Crippen molar-refractivity contribution < 1.29 is 13.9 Å². The van der Waals surface area contributed by atoms with E-state index in [1.165, 1.54) is 6.33 Å². The molecule has 150 valence electrons. The van der Waals surface area contributed by atoms with Gasteiger partial charge in [-0.3, -0.25) is 4.79 Å². The highest BCUT2D eigenvalue weighted by atomic mass is 16.5. The van der Waals surface area contributed by atoms with E-state index in [0.717, 1.165) is 24.0 Å². The van der Waals surface area contributed by atoms with Crippen LogP contribution in [-0.4, -0.2) is 45.0 Å². The standard InChI is InChI=1S/C21H23N5O3/c1-12-15(16-17(25-21(2)6-7-21)23-11-24-19(16)29-12)20(27)26-9-5-14-13(10-26)4-8-22-18(14)28-3/h4,8,11H,5-7,9-10H2,1-3H3,(H,23,24,25). The lowest BCUT2D eigenvalue weighted by atomic mass is 10.0. The summed E-state index contributed by atoms with van der Waals surface area (Å²) in [4.78, 5) is 28.3. The predicted molar refractivity (Wildman–Crippen MR) is 107 cm³/mol. The Morgan fingerprint density at radius 2 is 2.14 bits per heavy atom. The van der Waals surface area contributed by atoms with Crippen LogP contribution >= 0.6 is 0 Å². The van der Waals surface area contributed by atoms with Crippen molar-refractivity contribution in [1.82, 2.24) is 19.9 Å². The van der Waals surface area contributed by atoms with Crippen molar-refractivity contribution >= 4 is 22.8 Å². The molecule has 5 rings (SSSR count). The maximum Gasteiger partial charge on any atom is 0.258 e. The van der Waals surface area contributed by atoms with E-state index in [-0.39, 0.29) is 11.4 Å². The predicted octanol–water partition coefficient (Wildman–Crippen LogP) is 3.10. The number of rotatable bonds is 4. The molecule has 4 heterocycles. The largest absolute Gasteiger partial charge is 0.481 e. The number of ether oxygens (including phenoxy) is 1. The molecule has 0 saturated heterocycles. The molecular formula is C21H23N5O3. The van der Waals surface area contributed by atoms with Gasteiger partial charge in [-0.05, 0) is 44.7 Å². The second kappa shape index (κ2) is 6.43. The molecule has 1 aliphatic heterocycles. The first-order chi connectivity index (χ1) is 14.0. The highest BCUT2D eigenvalue weighted by Crippen LogP contribution is 2.40. The number of carbonyl (C=O) groups excluding carboxylic acids is 1. The lowest BCUT2D eigenvalue weighted by molar-refractivity contribution is 0.0733. The molecule has 0 unspecified atom stereocenters. The molecule has 1 amide bonds. The summed E-state index contributed by atoms with van der Waals surface area (Å²) in [6.45, 7) is 5.06. The monoisotopic (exact) mass is 393 g/mol. The fourth-order valence-corrected chi connectivity index (χ4v) is 3.96. The van der Waals surface area contributed by atoms with Crippen LogP contribution in [0.25, 0.3) is 11.1 Å². The molecule has 2 aliphatic rings. The number of nitrogens with one attached hydrogen (secondary N) is 1. The third-order valence-electron chi connectivity index (χ3n) is 5.89. The van der Waals surface area contributed by atoms with Crippen molar-refractivity contribution in [2.45, 2.75) is 45.2 Å². The number of methoxy groups -OCH3 is 1. The summed E-state index contributed by atoms with van der Waals surface area (Å²) >= 11 is 0. The average Bonchev–Trinajstić information content (AvgIpc) is 3.34. The topological polar surface area (TPSA) is 93.4 Å². The number of fused-ring (bicyclic) bond motifs is 2. The van der Waals surface area contributed by atoms with Gasteiger partial charge < -0.3 is 19.4 Å². The SMILES string of the molecule is COc1nccc2c1CCN(C(=O)c1c(C)oc3ncnc(NC4(C)CC4)c13)C2. The molecule has 8 heteroatoms. The van der Waals surface area contributed by atoms with Gasteiger partial charge in [-0.2, -0.15) is 0 Å². The summed E-state index contributed by atoms with van der Waals surface area (Å²) in [5, 5.41) is 4.14. The molecule has 3 aromatic heterocycles. The van der Waals surface area contributed by atoms with Crippen LogP contribution < -0.4 is 10.1 Å². The van der Waals surface area contributed by atoms with Gasteiger partial charge in [0.05, 0.1) is 18.1 Å². The minimum absolute atomic E-state index is 0.0282. The number of hydrogen-bond donors (Lipinski definition) is 1. The van der Waals surface area contributed by atoms with Crippen LogP contribution in [0.15, 0.2) is 23.0 Å². The summed E-state index contributed by atoms with van der Waals surface area (Å²) in [6.07, 6.45) is 6.06. The third-order valence-corrected chi connectivity index (χ3v) is 5.89. The van der Waals surface area contributed by atoms with Crippen LogP contribution in [0.2, 0.25) is 0 Å². The normalized spacial score (nSPS) is 17.1. The fraction of sp³-hybridized carbons (Fsp3) is 0.429. The van der Waals surface area contributed by atoms with Crippen LogP contribution in [0.1, 0.15) is 47.0 Å². The van der Waals surface area contributed by atoms with E-state index in [1.807, 2.05) is 17.9 Å². The minimum atomic E-state index is -0.0681. The van der Waals surface area contributed by atoms with Crippen molar-refractivity contribution in [3.05, 3.63) is 41.0 Å². The van der Waals surface area contributed by atoms with Gasteiger partial charge in [0.1, 0.15) is 17.9 Å². The molecule has 29 heavy (non-hydrogen) atoms. The Kier molecular flexibility index (Phi) is 3.97. The second-order valence-corrected chi connectivity index (χ2v) is 8.06. The number of aromatic nitrogens is 3. The number of pyridine rings is 1. The average molecular weight is 393 g/mol. The van der Waals surface area contributed by atoms with Gasteiger partial charge in [0.2, 0.25) is 11.6 Å². The molecule has 3 aromatic rings. The summed E-state index contributed by atoms with van der Waals surface area (Å²) in [5.41, 5.74) is 3.13. The van der Waals surface area contributed by atoms with E-state index in [9.17, 15) is 4.79 Å². The van der Waals surface area contributed by atoms with Crippen molar-refractivity contribution in [1.29, 1.82) is 0 Å². The van der Waals surface area contributed by atoms with Crippen LogP contribution in [0.5, 0.6) is 5.88 Å². The molecule has 1 N–H and O–H groups in total. The Hall–Kier alpha value is -3.16. The zero-order valence-electron chi connectivity index (χ0n) is 16.8.